The fourth-order valence-corrected chi connectivity index (χ4v) is 2.58. The van der Waals surface area contributed by atoms with E-state index in [2.05, 4.69) is 15.4 Å². The first kappa shape index (κ1) is 10.2. The van der Waals surface area contributed by atoms with Gasteiger partial charge in [0.25, 0.3) is 0 Å². The molecule has 2 unspecified atom stereocenters. The molecule has 0 radical (unpaired) electrons. The molecule has 2 N–H and O–H groups in total. The van der Waals surface area contributed by atoms with E-state index in [1.165, 1.54) is 12.8 Å². The number of rotatable bonds is 2. The van der Waals surface area contributed by atoms with E-state index >= 15 is 0 Å². The molecule has 1 aromatic heterocycles. The van der Waals surface area contributed by atoms with Gasteiger partial charge in [0.15, 0.2) is 5.82 Å². The number of hydrogen-bond acceptors (Lipinski definition) is 4. The van der Waals surface area contributed by atoms with Crippen LogP contribution < -0.4 is 5.32 Å². The molecule has 0 spiro atoms. The molecule has 5 heteroatoms. The average Bonchev–Trinajstić information content (AvgIpc) is 2.86. The quantitative estimate of drug-likeness (QED) is 0.732. The van der Waals surface area contributed by atoms with Crippen molar-refractivity contribution < 1.29 is 5.11 Å². The number of aliphatic hydroxyl groups excluding tert-OH is 1. The number of hydrogen-bond donors (Lipinski definition) is 2. The number of aliphatic hydroxyl groups is 1. The Labute approximate surface area is 94.9 Å². The fourth-order valence-electron chi connectivity index (χ4n) is 2.58. The fraction of sp³-hybridized carbons (Fsp3) is 0.818. The van der Waals surface area contributed by atoms with E-state index in [9.17, 15) is 5.11 Å². The Kier molecular flexibility index (Phi) is 2.65. The van der Waals surface area contributed by atoms with Crippen LogP contribution in [0.3, 0.4) is 0 Å². The zero-order valence-corrected chi connectivity index (χ0v) is 9.39. The molecule has 0 saturated carbocycles. The van der Waals surface area contributed by atoms with E-state index in [0.29, 0.717) is 12.5 Å². The molecule has 0 amide bonds. The first-order chi connectivity index (χ1) is 7.81. The van der Waals surface area contributed by atoms with Crippen molar-refractivity contribution in [1.82, 2.24) is 20.1 Å². The number of aryl methyl sites for hydroxylation is 1. The van der Waals surface area contributed by atoms with Gasteiger partial charge in [-0.15, -0.1) is 0 Å². The lowest BCUT2D eigenvalue weighted by molar-refractivity contribution is 0.138. The summed E-state index contributed by atoms with van der Waals surface area (Å²) in [6.07, 6.45) is 4.65. The maximum absolute atomic E-state index is 9.56. The monoisotopic (exact) mass is 222 g/mol. The zero-order chi connectivity index (χ0) is 11.0. The van der Waals surface area contributed by atoms with Gasteiger partial charge in [-0.2, -0.15) is 5.10 Å². The van der Waals surface area contributed by atoms with Crippen LogP contribution in [0.25, 0.3) is 0 Å². The maximum atomic E-state index is 9.56. The summed E-state index contributed by atoms with van der Waals surface area (Å²) >= 11 is 0. The molecule has 1 aromatic rings. The largest absolute Gasteiger partial charge is 0.393 e. The predicted molar refractivity (Wildman–Crippen MR) is 59.1 cm³/mol. The van der Waals surface area contributed by atoms with Gasteiger partial charge in [0.1, 0.15) is 5.82 Å². The van der Waals surface area contributed by atoms with Gasteiger partial charge in [-0.1, -0.05) is 0 Å². The van der Waals surface area contributed by atoms with Gasteiger partial charge in [-0.05, 0) is 25.8 Å². The van der Waals surface area contributed by atoms with Gasteiger partial charge in [0.2, 0.25) is 0 Å². The van der Waals surface area contributed by atoms with Crippen molar-refractivity contribution in [2.45, 2.75) is 50.8 Å². The Morgan fingerprint density at radius 2 is 2.38 bits per heavy atom. The van der Waals surface area contributed by atoms with Crippen molar-refractivity contribution in [3.63, 3.8) is 0 Å². The smallest absolute Gasteiger partial charge is 0.152 e. The Hall–Kier alpha value is -0.940. The molecule has 2 atom stereocenters. The first-order valence-corrected chi connectivity index (χ1v) is 6.15. The molecule has 0 bridgehead atoms. The summed E-state index contributed by atoms with van der Waals surface area (Å²) in [5, 5.41) is 17.5. The van der Waals surface area contributed by atoms with E-state index in [1.54, 1.807) is 0 Å². The van der Waals surface area contributed by atoms with Crippen molar-refractivity contribution in [1.29, 1.82) is 0 Å². The highest BCUT2D eigenvalue weighted by molar-refractivity contribution is 5.00. The highest BCUT2D eigenvalue weighted by Crippen LogP contribution is 2.15. The lowest BCUT2D eigenvalue weighted by Crippen LogP contribution is -2.24. The summed E-state index contributed by atoms with van der Waals surface area (Å²) in [5.74, 6) is 1.88. The molecule has 88 valence electrons. The summed E-state index contributed by atoms with van der Waals surface area (Å²) in [4.78, 5) is 4.52. The maximum Gasteiger partial charge on any atom is 0.152 e. The van der Waals surface area contributed by atoms with Crippen molar-refractivity contribution in [2.24, 2.45) is 0 Å². The molecule has 3 rings (SSSR count). The Bertz CT molecular complexity index is 370. The van der Waals surface area contributed by atoms with Crippen LogP contribution in [0.2, 0.25) is 0 Å². The number of fused-ring (bicyclic) bond motifs is 1. The van der Waals surface area contributed by atoms with Crippen LogP contribution in [-0.2, 0) is 19.4 Å². The molecule has 16 heavy (non-hydrogen) atoms. The molecule has 1 saturated heterocycles. The van der Waals surface area contributed by atoms with Gasteiger partial charge >= 0.3 is 0 Å². The van der Waals surface area contributed by atoms with Crippen LogP contribution in [0.5, 0.6) is 0 Å². The minimum Gasteiger partial charge on any atom is -0.393 e. The molecule has 2 aliphatic heterocycles. The van der Waals surface area contributed by atoms with E-state index in [4.69, 9.17) is 0 Å². The second-order valence-electron chi connectivity index (χ2n) is 4.81. The summed E-state index contributed by atoms with van der Waals surface area (Å²) < 4.78 is 1.96. The standard InChI is InChI=1S/C11H18N4O/c16-9-3-5-15-11(7-9)13-10(14-15)6-8-2-1-4-12-8/h8-9,12,16H,1-7H2. The van der Waals surface area contributed by atoms with Gasteiger partial charge in [-0.3, -0.25) is 0 Å². The van der Waals surface area contributed by atoms with E-state index < -0.39 is 0 Å². The summed E-state index contributed by atoms with van der Waals surface area (Å²) in [6, 6.07) is 0.550. The topological polar surface area (TPSA) is 63.0 Å². The number of aromatic nitrogens is 3. The first-order valence-electron chi connectivity index (χ1n) is 6.15. The second kappa shape index (κ2) is 4.14. The SMILES string of the molecule is OC1CCn2nc(CC3CCCN3)nc2C1. The van der Waals surface area contributed by atoms with Gasteiger partial charge < -0.3 is 10.4 Å². The third kappa shape index (κ3) is 1.97. The minimum atomic E-state index is -0.228. The van der Waals surface area contributed by atoms with Gasteiger partial charge in [0.05, 0.1) is 6.10 Å². The minimum absolute atomic E-state index is 0.228. The van der Waals surface area contributed by atoms with Crippen LogP contribution in [0.15, 0.2) is 0 Å². The lowest BCUT2D eigenvalue weighted by Gasteiger charge is -2.16. The molecular weight excluding hydrogens is 204 g/mol. The molecule has 2 aliphatic rings. The van der Waals surface area contributed by atoms with E-state index in [1.807, 2.05) is 4.68 Å². The third-order valence-corrected chi connectivity index (χ3v) is 3.48. The average molecular weight is 222 g/mol. The molecule has 0 aliphatic carbocycles. The molecule has 3 heterocycles. The van der Waals surface area contributed by atoms with Crippen LogP contribution in [0.1, 0.15) is 30.9 Å². The normalized spacial score (nSPS) is 29.3. The Morgan fingerprint density at radius 3 is 3.19 bits per heavy atom. The predicted octanol–water partition coefficient (Wildman–Crippen LogP) is -0.120. The van der Waals surface area contributed by atoms with Gasteiger partial charge in [-0.25, -0.2) is 9.67 Å². The van der Waals surface area contributed by atoms with Crippen molar-refractivity contribution in [3.05, 3.63) is 11.6 Å². The van der Waals surface area contributed by atoms with Crippen LogP contribution >= 0.6 is 0 Å². The van der Waals surface area contributed by atoms with Crippen molar-refractivity contribution in [2.75, 3.05) is 6.54 Å². The Balaban J connectivity index is 1.71. The van der Waals surface area contributed by atoms with Crippen LogP contribution in [0, 0.1) is 0 Å². The van der Waals surface area contributed by atoms with Gasteiger partial charge in [0, 0.05) is 25.4 Å². The van der Waals surface area contributed by atoms with E-state index in [0.717, 1.165) is 37.6 Å². The molecule has 0 aromatic carbocycles. The Morgan fingerprint density at radius 1 is 1.44 bits per heavy atom. The number of nitrogens with zero attached hydrogens (tertiary/aromatic N) is 3. The molecular formula is C11H18N4O. The van der Waals surface area contributed by atoms with Crippen LogP contribution in [0.4, 0.5) is 0 Å². The van der Waals surface area contributed by atoms with Crippen molar-refractivity contribution in [3.8, 4) is 0 Å². The van der Waals surface area contributed by atoms with Crippen LogP contribution in [-0.4, -0.2) is 38.6 Å². The van der Waals surface area contributed by atoms with Crippen molar-refractivity contribution >= 4 is 0 Å². The summed E-state index contributed by atoms with van der Waals surface area (Å²) in [6.45, 7) is 1.93. The summed E-state index contributed by atoms with van der Waals surface area (Å²) in [7, 11) is 0. The summed E-state index contributed by atoms with van der Waals surface area (Å²) in [5.41, 5.74) is 0. The molecule has 5 nitrogen and oxygen atoms in total. The highest BCUT2D eigenvalue weighted by atomic mass is 16.3. The second-order valence-corrected chi connectivity index (χ2v) is 4.81. The lowest BCUT2D eigenvalue weighted by atomic mass is 10.1. The van der Waals surface area contributed by atoms with E-state index in [-0.39, 0.29) is 6.10 Å². The number of nitrogens with one attached hydrogen (secondary N) is 1. The molecule has 1 fully saturated rings. The highest BCUT2D eigenvalue weighted by Gasteiger charge is 2.22. The third-order valence-electron chi connectivity index (χ3n) is 3.48. The zero-order valence-electron chi connectivity index (χ0n) is 9.39.